The van der Waals surface area contributed by atoms with Gasteiger partial charge in [0.05, 0.1) is 21.8 Å². The van der Waals surface area contributed by atoms with E-state index < -0.39 is 6.03 Å². The van der Waals surface area contributed by atoms with Gasteiger partial charge in [-0.25, -0.2) is 4.79 Å². The molecule has 0 aliphatic carbocycles. The Labute approximate surface area is 139 Å². The number of hydrogen-bond acceptors (Lipinski definition) is 2. The van der Waals surface area contributed by atoms with Crippen molar-refractivity contribution in [2.45, 2.75) is 20.0 Å². The van der Waals surface area contributed by atoms with Crippen molar-refractivity contribution in [1.29, 1.82) is 0 Å². The summed E-state index contributed by atoms with van der Waals surface area (Å²) in [4.78, 5) is 12.0. The molecule has 0 unspecified atom stereocenters. The van der Waals surface area contributed by atoms with Crippen LogP contribution >= 0.6 is 23.2 Å². The van der Waals surface area contributed by atoms with Crippen molar-refractivity contribution in [3.8, 4) is 5.75 Å². The van der Waals surface area contributed by atoms with Gasteiger partial charge in [0, 0.05) is 5.69 Å². The molecule has 0 aliphatic rings. The van der Waals surface area contributed by atoms with E-state index in [1.807, 2.05) is 13.8 Å². The highest BCUT2D eigenvalue weighted by Crippen LogP contribution is 2.29. The molecular formula is C16H16Cl2N2O2. The molecule has 0 atom stereocenters. The summed E-state index contributed by atoms with van der Waals surface area (Å²) in [5, 5.41) is 6.09. The fourth-order valence-electron chi connectivity index (χ4n) is 1.78. The average Bonchev–Trinajstić information content (AvgIpc) is 2.45. The van der Waals surface area contributed by atoms with Gasteiger partial charge >= 0.3 is 6.03 Å². The van der Waals surface area contributed by atoms with E-state index in [2.05, 4.69) is 10.6 Å². The van der Waals surface area contributed by atoms with Gasteiger partial charge in [-0.1, -0.05) is 29.3 Å². The van der Waals surface area contributed by atoms with Crippen LogP contribution in [0.3, 0.4) is 0 Å². The maximum Gasteiger partial charge on any atom is 0.323 e. The molecule has 2 aromatic carbocycles. The second kappa shape index (κ2) is 7.38. The van der Waals surface area contributed by atoms with E-state index in [-0.39, 0.29) is 6.10 Å². The Morgan fingerprint density at radius 2 is 1.59 bits per heavy atom. The van der Waals surface area contributed by atoms with Crippen LogP contribution in [0, 0.1) is 0 Å². The second-order valence-corrected chi connectivity index (χ2v) is 5.68. The first-order valence-electron chi connectivity index (χ1n) is 6.74. The lowest BCUT2D eigenvalue weighted by Gasteiger charge is -2.12. The lowest BCUT2D eigenvalue weighted by Crippen LogP contribution is -2.19. The Hall–Kier alpha value is -1.91. The zero-order chi connectivity index (χ0) is 16.1. The summed E-state index contributed by atoms with van der Waals surface area (Å²) in [6.45, 7) is 3.90. The number of carbonyl (C=O) groups is 1. The molecule has 0 aromatic heterocycles. The van der Waals surface area contributed by atoms with Crippen molar-refractivity contribution >= 4 is 40.6 Å². The normalized spacial score (nSPS) is 10.4. The molecule has 2 rings (SSSR count). The third-order valence-corrected chi connectivity index (χ3v) is 3.32. The topological polar surface area (TPSA) is 50.4 Å². The monoisotopic (exact) mass is 338 g/mol. The van der Waals surface area contributed by atoms with Gasteiger partial charge in [0.2, 0.25) is 0 Å². The molecule has 0 aliphatic heterocycles. The van der Waals surface area contributed by atoms with E-state index in [1.54, 1.807) is 42.5 Å². The van der Waals surface area contributed by atoms with Crippen LogP contribution in [0.15, 0.2) is 42.5 Å². The fraction of sp³-hybridized carbons (Fsp3) is 0.188. The number of urea groups is 1. The average molecular weight is 339 g/mol. The van der Waals surface area contributed by atoms with E-state index in [4.69, 9.17) is 27.9 Å². The summed E-state index contributed by atoms with van der Waals surface area (Å²) in [6.07, 6.45) is 0.101. The quantitative estimate of drug-likeness (QED) is 0.781. The zero-order valence-corrected chi connectivity index (χ0v) is 13.7. The van der Waals surface area contributed by atoms with Gasteiger partial charge in [-0.3, -0.25) is 0 Å². The number of nitrogens with one attached hydrogen (secondary N) is 2. The van der Waals surface area contributed by atoms with E-state index >= 15 is 0 Å². The molecule has 2 amide bonds. The van der Waals surface area contributed by atoms with Gasteiger partial charge in [-0.15, -0.1) is 0 Å². The minimum atomic E-state index is -0.424. The van der Waals surface area contributed by atoms with Crippen LogP contribution in [0.5, 0.6) is 5.75 Å². The number of para-hydroxylation sites is 1. The van der Waals surface area contributed by atoms with Crippen molar-refractivity contribution in [3.63, 3.8) is 0 Å². The number of benzene rings is 2. The van der Waals surface area contributed by atoms with Crippen LogP contribution in [-0.2, 0) is 0 Å². The molecule has 0 heterocycles. The predicted molar refractivity (Wildman–Crippen MR) is 91.3 cm³/mol. The third-order valence-electron chi connectivity index (χ3n) is 2.69. The molecule has 0 saturated carbocycles. The minimum Gasteiger partial charge on any atom is -0.491 e. The van der Waals surface area contributed by atoms with Crippen LogP contribution in [0.1, 0.15) is 13.8 Å². The van der Waals surface area contributed by atoms with E-state index in [0.29, 0.717) is 21.4 Å². The second-order valence-electron chi connectivity index (χ2n) is 4.87. The van der Waals surface area contributed by atoms with Crippen LogP contribution in [0.25, 0.3) is 0 Å². The summed E-state index contributed by atoms with van der Waals surface area (Å²) in [6, 6.07) is 11.7. The Kier molecular flexibility index (Phi) is 5.52. The first-order valence-corrected chi connectivity index (χ1v) is 7.50. The zero-order valence-electron chi connectivity index (χ0n) is 12.2. The van der Waals surface area contributed by atoms with Gasteiger partial charge in [-0.2, -0.15) is 0 Å². The fourth-order valence-corrected chi connectivity index (χ4v) is 2.27. The Morgan fingerprint density at radius 1 is 1.00 bits per heavy atom. The summed E-state index contributed by atoms with van der Waals surface area (Å²) in [5.74, 6) is 0.745. The van der Waals surface area contributed by atoms with E-state index in [0.717, 1.165) is 5.75 Å². The van der Waals surface area contributed by atoms with Gasteiger partial charge in [0.1, 0.15) is 5.75 Å². The number of halogens is 2. The highest BCUT2D eigenvalue weighted by molar-refractivity contribution is 6.39. The Bertz CT molecular complexity index is 637. The molecule has 2 aromatic rings. The molecular weight excluding hydrogens is 323 g/mol. The molecule has 0 radical (unpaired) electrons. The van der Waals surface area contributed by atoms with Crippen molar-refractivity contribution in [2.75, 3.05) is 10.6 Å². The summed E-state index contributed by atoms with van der Waals surface area (Å²) < 4.78 is 5.54. The SMILES string of the molecule is CC(C)Oc1ccc(NC(=O)Nc2c(Cl)cccc2Cl)cc1. The number of hydrogen-bond donors (Lipinski definition) is 2. The smallest absolute Gasteiger partial charge is 0.323 e. The van der Waals surface area contributed by atoms with E-state index in [9.17, 15) is 4.79 Å². The van der Waals surface area contributed by atoms with Crippen molar-refractivity contribution in [3.05, 3.63) is 52.5 Å². The molecule has 0 saturated heterocycles. The number of anilines is 2. The van der Waals surface area contributed by atoms with Crippen LogP contribution in [-0.4, -0.2) is 12.1 Å². The molecule has 116 valence electrons. The molecule has 0 spiro atoms. The summed E-state index contributed by atoms with van der Waals surface area (Å²) >= 11 is 12.0. The van der Waals surface area contributed by atoms with Crippen molar-refractivity contribution in [1.82, 2.24) is 0 Å². The maximum absolute atomic E-state index is 12.0. The number of carbonyl (C=O) groups excluding carboxylic acids is 1. The maximum atomic E-state index is 12.0. The molecule has 6 heteroatoms. The van der Waals surface area contributed by atoms with Crippen LogP contribution in [0.2, 0.25) is 10.0 Å². The molecule has 2 N–H and O–H groups in total. The largest absolute Gasteiger partial charge is 0.491 e. The third kappa shape index (κ3) is 4.55. The van der Waals surface area contributed by atoms with E-state index in [1.165, 1.54) is 0 Å². The first kappa shape index (κ1) is 16.5. The highest BCUT2D eigenvalue weighted by atomic mass is 35.5. The first-order chi connectivity index (χ1) is 10.5. The van der Waals surface area contributed by atoms with Gasteiger partial charge in [0.15, 0.2) is 0 Å². The molecule has 0 bridgehead atoms. The number of rotatable bonds is 4. The Balaban J connectivity index is 2.00. The van der Waals surface area contributed by atoms with Gasteiger partial charge < -0.3 is 15.4 Å². The molecule has 4 nitrogen and oxygen atoms in total. The molecule has 22 heavy (non-hydrogen) atoms. The van der Waals surface area contributed by atoms with Gasteiger partial charge in [0.25, 0.3) is 0 Å². The van der Waals surface area contributed by atoms with Crippen LogP contribution < -0.4 is 15.4 Å². The number of ether oxygens (including phenoxy) is 1. The summed E-state index contributed by atoms with van der Waals surface area (Å²) in [5.41, 5.74) is 1.01. The van der Waals surface area contributed by atoms with Crippen LogP contribution in [0.4, 0.5) is 16.2 Å². The molecule has 0 fully saturated rings. The number of amides is 2. The predicted octanol–water partition coefficient (Wildman–Crippen LogP) is 5.42. The Morgan fingerprint density at radius 3 is 2.14 bits per heavy atom. The standard InChI is InChI=1S/C16H16Cl2N2O2/c1-10(2)22-12-8-6-11(7-9-12)19-16(21)20-15-13(17)4-3-5-14(15)18/h3-10H,1-2H3,(H2,19,20,21). The van der Waals surface area contributed by atoms with Crippen molar-refractivity contribution in [2.24, 2.45) is 0 Å². The van der Waals surface area contributed by atoms with Crippen molar-refractivity contribution < 1.29 is 9.53 Å². The highest BCUT2D eigenvalue weighted by Gasteiger charge is 2.09. The lowest BCUT2D eigenvalue weighted by molar-refractivity contribution is 0.242. The summed E-state index contributed by atoms with van der Waals surface area (Å²) in [7, 11) is 0. The lowest BCUT2D eigenvalue weighted by atomic mass is 10.3. The minimum absolute atomic E-state index is 0.101. The van der Waals surface area contributed by atoms with Gasteiger partial charge in [-0.05, 0) is 50.2 Å².